The van der Waals surface area contributed by atoms with Crippen molar-refractivity contribution in [2.24, 2.45) is 5.73 Å². The summed E-state index contributed by atoms with van der Waals surface area (Å²) < 4.78 is 6.03. The largest absolute Gasteiger partial charge is 0.438 e. The van der Waals surface area contributed by atoms with E-state index < -0.39 is 0 Å². The normalized spacial score (nSPS) is 10.8. The van der Waals surface area contributed by atoms with Gasteiger partial charge in [0, 0.05) is 17.5 Å². The number of hydrogen-bond donors (Lipinski definition) is 1. The average Bonchev–Trinajstić information content (AvgIpc) is 2.51. The Balaban J connectivity index is 2.09. The van der Waals surface area contributed by atoms with Gasteiger partial charge in [-0.05, 0) is 43.2 Å². The molecule has 0 fully saturated rings. The molecule has 0 atom stereocenters. The van der Waals surface area contributed by atoms with Crippen molar-refractivity contribution in [2.45, 2.75) is 20.4 Å². The SMILES string of the molecule is Cc1cccc(Oc2nc3ccccc3cc2CN)c1C. The predicted octanol–water partition coefficient (Wildman–Crippen LogP) is 4.10. The summed E-state index contributed by atoms with van der Waals surface area (Å²) >= 11 is 0. The minimum absolute atomic E-state index is 0.401. The molecule has 2 aromatic carbocycles. The lowest BCUT2D eigenvalue weighted by Crippen LogP contribution is -2.02. The zero-order valence-electron chi connectivity index (χ0n) is 12.3. The van der Waals surface area contributed by atoms with Crippen molar-refractivity contribution in [3.63, 3.8) is 0 Å². The summed E-state index contributed by atoms with van der Waals surface area (Å²) in [5.74, 6) is 1.41. The van der Waals surface area contributed by atoms with E-state index in [9.17, 15) is 0 Å². The quantitative estimate of drug-likeness (QED) is 0.784. The van der Waals surface area contributed by atoms with Crippen molar-refractivity contribution in [3.05, 3.63) is 65.2 Å². The van der Waals surface area contributed by atoms with E-state index in [0.717, 1.165) is 27.8 Å². The number of aryl methyl sites for hydroxylation is 1. The van der Waals surface area contributed by atoms with Crippen LogP contribution in [-0.4, -0.2) is 4.98 Å². The van der Waals surface area contributed by atoms with Crippen molar-refractivity contribution >= 4 is 10.9 Å². The number of ether oxygens (including phenoxy) is 1. The molecule has 3 heteroatoms. The van der Waals surface area contributed by atoms with Gasteiger partial charge in [0.2, 0.25) is 5.88 Å². The molecule has 0 saturated carbocycles. The molecule has 1 aromatic heterocycles. The van der Waals surface area contributed by atoms with Gasteiger partial charge in [-0.3, -0.25) is 0 Å². The van der Waals surface area contributed by atoms with Gasteiger partial charge in [0.25, 0.3) is 0 Å². The van der Waals surface area contributed by atoms with Crippen LogP contribution in [0.3, 0.4) is 0 Å². The Bertz CT molecular complexity index is 796. The Morgan fingerprint density at radius 2 is 1.86 bits per heavy atom. The minimum atomic E-state index is 0.401. The summed E-state index contributed by atoms with van der Waals surface area (Å²) in [6, 6.07) is 16.0. The van der Waals surface area contributed by atoms with Crippen molar-refractivity contribution < 1.29 is 4.74 Å². The second-order valence-electron chi connectivity index (χ2n) is 5.15. The summed E-state index contributed by atoms with van der Waals surface area (Å²) in [7, 11) is 0. The number of pyridine rings is 1. The van der Waals surface area contributed by atoms with Crippen LogP contribution in [0.2, 0.25) is 0 Å². The molecule has 0 aliphatic rings. The summed E-state index contributed by atoms with van der Waals surface area (Å²) in [5, 5.41) is 1.08. The van der Waals surface area contributed by atoms with Crippen LogP contribution < -0.4 is 10.5 Å². The monoisotopic (exact) mass is 278 g/mol. The highest BCUT2D eigenvalue weighted by Gasteiger charge is 2.10. The topological polar surface area (TPSA) is 48.1 Å². The third kappa shape index (κ3) is 2.60. The smallest absolute Gasteiger partial charge is 0.224 e. The number of hydrogen-bond acceptors (Lipinski definition) is 3. The molecule has 3 nitrogen and oxygen atoms in total. The summed E-state index contributed by atoms with van der Waals surface area (Å²) in [5.41, 5.74) is 9.98. The first-order chi connectivity index (χ1) is 10.2. The average molecular weight is 278 g/mol. The molecule has 0 aliphatic carbocycles. The third-order valence-corrected chi connectivity index (χ3v) is 3.74. The fraction of sp³-hybridized carbons (Fsp3) is 0.167. The highest BCUT2D eigenvalue weighted by Crippen LogP contribution is 2.29. The Kier molecular flexibility index (Phi) is 3.59. The maximum atomic E-state index is 6.03. The third-order valence-electron chi connectivity index (χ3n) is 3.74. The van der Waals surface area contributed by atoms with E-state index in [1.165, 1.54) is 5.56 Å². The number of nitrogens with two attached hydrogens (primary N) is 1. The van der Waals surface area contributed by atoms with Crippen LogP contribution in [0, 0.1) is 13.8 Å². The lowest BCUT2D eigenvalue weighted by atomic mass is 10.1. The molecule has 0 radical (unpaired) electrons. The Hall–Kier alpha value is -2.39. The molecule has 3 rings (SSSR count). The Morgan fingerprint density at radius 1 is 1.05 bits per heavy atom. The fourth-order valence-corrected chi connectivity index (χ4v) is 2.32. The molecule has 0 bridgehead atoms. The van der Waals surface area contributed by atoms with E-state index in [1.54, 1.807) is 0 Å². The van der Waals surface area contributed by atoms with Gasteiger partial charge in [0.05, 0.1) is 5.52 Å². The Morgan fingerprint density at radius 3 is 2.67 bits per heavy atom. The van der Waals surface area contributed by atoms with Crippen molar-refractivity contribution in [2.75, 3.05) is 0 Å². The van der Waals surface area contributed by atoms with Gasteiger partial charge in [0.1, 0.15) is 5.75 Å². The van der Waals surface area contributed by atoms with Gasteiger partial charge >= 0.3 is 0 Å². The second-order valence-corrected chi connectivity index (χ2v) is 5.15. The number of rotatable bonds is 3. The van der Waals surface area contributed by atoms with Gasteiger partial charge in [-0.1, -0.05) is 30.3 Å². The Labute approximate surface area is 124 Å². The van der Waals surface area contributed by atoms with E-state index in [4.69, 9.17) is 10.5 Å². The lowest BCUT2D eigenvalue weighted by Gasteiger charge is -2.13. The van der Waals surface area contributed by atoms with E-state index in [-0.39, 0.29) is 0 Å². The van der Waals surface area contributed by atoms with Crippen LogP contribution in [0.25, 0.3) is 10.9 Å². The van der Waals surface area contributed by atoms with Crippen LogP contribution in [0.1, 0.15) is 16.7 Å². The first-order valence-electron chi connectivity index (χ1n) is 7.02. The van der Waals surface area contributed by atoms with Crippen LogP contribution in [0.15, 0.2) is 48.5 Å². The van der Waals surface area contributed by atoms with Gasteiger partial charge < -0.3 is 10.5 Å². The van der Waals surface area contributed by atoms with Crippen LogP contribution in [-0.2, 0) is 6.54 Å². The molecule has 0 spiro atoms. The standard InChI is InChI=1S/C18H18N2O/c1-12-6-5-9-17(13(12)2)21-18-15(11-19)10-14-7-3-4-8-16(14)20-18/h3-10H,11,19H2,1-2H3. The highest BCUT2D eigenvalue weighted by molar-refractivity contribution is 5.80. The predicted molar refractivity (Wildman–Crippen MR) is 85.6 cm³/mol. The van der Waals surface area contributed by atoms with Gasteiger partial charge in [-0.15, -0.1) is 0 Å². The summed E-state index contributed by atoms with van der Waals surface area (Å²) in [6.07, 6.45) is 0. The molecule has 21 heavy (non-hydrogen) atoms. The fourth-order valence-electron chi connectivity index (χ4n) is 2.32. The van der Waals surface area contributed by atoms with Gasteiger partial charge in [0.15, 0.2) is 0 Å². The highest BCUT2D eigenvalue weighted by atomic mass is 16.5. The van der Waals surface area contributed by atoms with Crippen LogP contribution >= 0.6 is 0 Å². The van der Waals surface area contributed by atoms with E-state index in [1.807, 2.05) is 49.4 Å². The van der Waals surface area contributed by atoms with Gasteiger partial charge in [-0.25, -0.2) is 4.98 Å². The summed E-state index contributed by atoms with van der Waals surface area (Å²) in [6.45, 7) is 4.52. The molecule has 0 saturated heterocycles. The molecule has 3 aromatic rings. The number of fused-ring (bicyclic) bond motifs is 1. The molecular weight excluding hydrogens is 260 g/mol. The molecule has 0 amide bonds. The minimum Gasteiger partial charge on any atom is -0.438 e. The first-order valence-corrected chi connectivity index (χ1v) is 7.02. The summed E-state index contributed by atoms with van der Waals surface area (Å²) in [4.78, 5) is 4.61. The molecule has 0 aliphatic heterocycles. The molecule has 106 valence electrons. The van der Waals surface area contributed by atoms with E-state index >= 15 is 0 Å². The molecule has 1 heterocycles. The zero-order valence-corrected chi connectivity index (χ0v) is 12.3. The van der Waals surface area contributed by atoms with E-state index in [2.05, 4.69) is 18.0 Å². The van der Waals surface area contributed by atoms with Crippen molar-refractivity contribution in [3.8, 4) is 11.6 Å². The first kappa shape index (κ1) is 13.6. The number of nitrogens with zero attached hydrogens (tertiary/aromatic N) is 1. The maximum Gasteiger partial charge on any atom is 0.224 e. The zero-order chi connectivity index (χ0) is 14.8. The van der Waals surface area contributed by atoms with Gasteiger partial charge in [-0.2, -0.15) is 0 Å². The number of para-hydroxylation sites is 1. The van der Waals surface area contributed by atoms with Crippen molar-refractivity contribution in [1.82, 2.24) is 4.98 Å². The maximum absolute atomic E-state index is 6.03. The van der Waals surface area contributed by atoms with Crippen LogP contribution in [0.5, 0.6) is 11.6 Å². The van der Waals surface area contributed by atoms with E-state index in [0.29, 0.717) is 12.4 Å². The lowest BCUT2D eigenvalue weighted by molar-refractivity contribution is 0.455. The molecule has 0 unspecified atom stereocenters. The number of benzene rings is 2. The second kappa shape index (κ2) is 5.54. The molecular formula is C18H18N2O. The van der Waals surface area contributed by atoms with Crippen molar-refractivity contribution in [1.29, 1.82) is 0 Å². The molecule has 2 N–H and O–H groups in total. The number of aromatic nitrogens is 1. The van der Waals surface area contributed by atoms with Crippen LogP contribution in [0.4, 0.5) is 0 Å².